The second-order valence-electron chi connectivity index (χ2n) is 3.56. The van der Waals surface area contributed by atoms with Crippen molar-refractivity contribution in [2.24, 2.45) is 0 Å². The summed E-state index contributed by atoms with van der Waals surface area (Å²) in [5.41, 5.74) is -0.0568. The van der Waals surface area contributed by atoms with E-state index >= 15 is 0 Å². The summed E-state index contributed by atoms with van der Waals surface area (Å²) in [6.45, 7) is 1.72. The van der Waals surface area contributed by atoms with Gasteiger partial charge in [0.05, 0.1) is 12.7 Å². The molecule has 2 rings (SSSR count). The van der Waals surface area contributed by atoms with Gasteiger partial charge < -0.3 is 9.15 Å². The molecule has 0 saturated heterocycles. The first-order valence-electron chi connectivity index (χ1n) is 5.07. The summed E-state index contributed by atoms with van der Waals surface area (Å²) in [6.07, 6.45) is 0. The molecular formula is C13H11FO3. The summed E-state index contributed by atoms with van der Waals surface area (Å²) < 4.78 is 23.8. The summed E-state index contributed by atoms with van der Waals surface area (Å²) in [5.74, 6) is -0.394. The summed E-state index contributed by atoms with van der Waals surface area (Å²) in [4.78, 5) is 12.0. The quantitative estimate of drug-likeness (QED) is 0.766. The van der Waals surface area contributed by atoms with Gasteiger partial charge in [0, 0.05) is 0 Å². The highest BCUT2D eigenvalue weighted by molar-refractivity contribution is 6.07. The smallest absolute Gasteiger partial charge is 0.231 e. The van der Waals surface area contributed by atoms with Crippen LogP contribution in [0.2, 0.25) is 0 Å². The van der Waals surface area contributed by atoms with Gasteiger partial charge in [-0.25, -0.2) is 4.39 Å². The third-order valence-electron chi connectivity index (χ3n) is 2.39. The Kier molecular flexibility index (Phi) is 2.95. The number of halogens is 1. The molecule has 3 nitrogen and oxygen atoms in total. The number of rotatable bonds is 3. The highest BCUT2D eigenvalue weighted by atomic mass is 19.1. The van der Waals surface area contributed by atoms with E-state index in [4.69, 9.17) is 9.15 Å². The second kappa shape index (κ2) is 4.41. The highest BCUT2D eigenvalue weighted by Gasteiger charge is 2.19. The van der Waals surface area contributed by atoms with Crippen LogP contribution in [-0.4, -0.2) is 12.9 Å². The van der Waals surface area contributed by atoms with Crippen LogP contribution >= 0.6 is 0 Å². The molecule has 0 N–H and O–H groups in total. The predicted octanol–water partition coefficient (Wildman–Crippen LogP) is 2.97. The predicted molar refractivity (Wildman–Crippen MR) is 59.8 cm³/mol. The molecule has 1 heterocycles. The third kappa shape index (κ3) is 2.06. The van der Waals surface area contributed by atoms with Crippen LogP contribution in [0.15, 0.2) is 34.7 Å². The number of ether oxygens (including phenoxy) is 1. The molecule has 0 radical (unpaired) electrons. The lowest BCUT2D eigenvalue weighted by molar-refractivity contribution is 0.100. The first-order chi connectivity index (χ1) is 8.13. The van der Waals surface area contributed by atoms with Gasteiger partial charge in [0.25, 0.3) is 0 Å². The average molecular weight is 234 g/mol. The molecule has 2 aromatic rings. The van der Waals surface area contributed by atoms with E-state index in [0.29, 0.717) is 5.76 Å². The number of aryl methyl sites for hydroxylation is 1. The number of furan rings is 1. The van der Waals surface area contributed by atoms with E-state index in [9.17, 15) is 9.18 Å². The fourth-order valence-electron chi connectivity index (χ4n) is 1.53. The van der Waals surface area contributed by atoms with Crippen molar-refractivity contribution in [3.63, 3.8) is 0 Å². The fraction of sp³-hybridized carbons (Fsp3) is 0.154. The van der Waals surface area contributed by atoms with E-state index in [1.54, 1.807) is 19.1 Å². The lowest BCUT2D eigenvalue weighted by Crippen LogP contribution is -2.04. The van der Waals surface area contributed by atoms with Crippen molar-refractivity contribution < 1.29 is 18.3 Å². The molecule has 0 aliphatic rings. The minimum atomic E-state index is -0.672. The van der Waals surface area contributed by atoms with Crippen LogP contribution in [0.5, 0.6) is 5.75 Å². The molecule has 0 atom stereocenters. The summed E-state index contributed by atoms with van der Waals surface area (Å²) in [6, 6.07) is 7.60. The number of hydrogen-bond donors (Lipinski definition) is 0. The van der Waals surface area contributed by atoms with E-state index in [-0.39, 0.29) is 17.1 Å². The topological polar surface area (TPSA) is 39.4 Å². The van der Waals surface area contributed by atoms with Gasteiger partial charge in [-0.3, -0.25) is 4.79 Å². The van der Waals surface area contributed by atoms with Gasteiger partial charge in [0.1, 0.15) is 5.76 Å². The Labute approximate surface area is 97.8 Å². The third-order valence-corrected chi connectivity index (χ3v) is 2.39. The maximum atomic E-state index is 13.8. The zero-order chi connectivity index (χ0) is 12.4. The lowest BCUT2D eigenvalue weighted by atomic mass is 10.1. The van der Waals surface area contributed by atoms with Gasteiger partial charge >= 0.3 is 0 Å². The molecule has 0 unspecified atom stereocenters. The number of benzene rings is 1. The van der Waals surface area contributed by atoms with Gasteiger partial charge in [-0.1, -0.05) is 6.07 Å². The number of carbonyl (C=O) groups is 1. The Hall–Kier alpha value is -2.10. The molecular weight excluding hydrogens is 223 g/mol. The lowest BCUT2D eigenvalue weighted by Gasteiger charge is -2.04. The molecule has 4 heteroatoms. The molecule has 0 bridgehead atoms. The second-order valence-corrected chi connectivity index (χ2v) is 3.56. The standard InChI is InChI=1S/C13H11FO3/c1-8-6-7-11(17-8)13(15)9-4-3-5-10(16-2)12(9)14/h3-7H,1-2H3. The Bertz CT molecular complexity index is 558. The van der Waals surface area contributed by atoms with Gasteiger partial charge in [0.2, 0.25) is 5.78 Å². The minimum Gasteiger partial charge on any atom is -0.494 e. The summed E-state index contributed by atoms with van der Waals surface area (Å²) in [5, 5.41) is 0. The number of methoxy groups -OCH3 is 1. The molecule has 0 saturated carbocycles. The first kappa shape index (κ1) is 11.4. The van der Waals surface area contributed by atoms with Crippen molar-refractivity contribution >= 4 is 5.78 Å². The molecule has 0 fully saturated rings. The van der Waals surface area contributed by atoms with Crippen LogP contribution in [-0.2, 0) is 0 Å². The van der Waals surface area contributed by atoms with Crippen LogP contribution in [0, 0.1) is 12.7 Å². The zero-order valence-electron chi connectivity index (χ0n) is 9.49. The van der Waals surface area contributed by atoms with Crippen LogP contribution < -0.4 is 4.74 Å². The minimum absolute atomic E-state index is 0.0409. The van der Waals surface area contributed by atoms with Gasteiger partial charge in [-0.15, -0.1) is 0 Å². The van der Waals surface area contributed by atoms with Gasteiger partial charge in [-0.2, -0.15) is 0 Å². The van der Waals surface area contributed by atoms with Crippen molar-refractivity contribution in [1.29, 1.82) is 0 Å². The molecule has 1 aromatic carbocycles. The number of ketones is 1. The molecule has 0 amide bonds. The van der Waals surface area contributed by atoms with E-state index in [1.165, 1.54) is 25.3 Å². The van der Waals surface area contributed by atoms with Crippen molar-refractivity contribution in [3.8, 4) is 5.75 Å². The molecule has 0 aliphatic carbocycles. The van der Waals surface area contributed by atoms with Crippen molar-refractivity contribution in [2.75, 3.05) is 7.11 Å². The molecule has 17 heavy (non-hydrogen) atoms. The van der Waals surface area contributed by atoms with Crippen LogP contribution in [0.3, 0.4) is 0 Å². The van der Waals surface area contributed by atoms with E-state index in [0.717, 1.165) is 0 Å². The van der Waals surface area contributed by atoms with Crippen LogP contribution in [0.25, 0.3) is 0 Å². The van der Waals surface area contributed by atoms with Gasteiger partial charge in [0.15, 0.2) is 17.3 Å². The largest absolute Gasteiger partial charge is 0.494 e. The Balaban J connectivity index is 2.44. The maximum absolute atomic E-state index is 13.8. The summed E-state index contributed by atoms with van der Waals surface area (Å²) in [7, 11) is 1.35. The summed E-state index contributed by atoms with van der Waals surface area (Å²) >= 11 is 0. The Morgan fingerprint density at radius 3 is 2.65 bits per heavy atom. The normalized spacial score (nSPS) is 10.3. The fourth-order valence-corrected chi connectivity index (χ4v) is 1.53. The highest BCUT2D eigenvalue weighted by Crippen LogP contribution is 2.22. The molecule has 1 aromatic heterocycles. The van der Waals surface area contributed by atoms with Crippen LogP contribution in [0.1, 0.15) is 21.9 Å². The van der Waals surface area contributed by atoms with E-state index in [1.807, 2.05) is 0 Å². The molecule has 0 spiro atoms. The maximum Gasteiger partial charge on any atom is 0.231 e. The number of carbonyl (C=O) groups excluding carboxylic acids is 1. The average Bonchev–Trinajstić information content (AvgIpc) is 2.75. The molecule has 0 aliphatic heterocycles. The van der Waals surface area contributed by atoms with Crippen LogP contribution in [0.4, 0.5) is 4.39 Å². The molecule has 88 valence electrons. The van der Waals surface area contributed by atoms with Crippen molar-refractivity contribution in [2.45, 2.75) is 6.92 Å². The Morgan fingerprint density at radius 2 is 2.06 bits per heavy atom. The first-order valence-corrected chi connectivity index (χ1v) is 5.07. The van der Waals surface area contributed by atoms with Crippen molar-refractivity contribution in [3.05, 3.63) is 53.2 Å². The Morgan fingerprint density at radius 1 is 1.29 bits per heavy atom. The van der Waals surface area contributed by atoms with Gasteiger partial charge in [-0.05, 0) is 31.2 Å². The zero-order valence-corrected chi connectivity index (χ0v) is 9.49. The van der Waals surface area contributed by atoms with E-state index in [2.05, 4.69) is 0 Å². The monoisotopic (exact) mass is 234 g/mol. The number of hydrogen-bond acceptors (Lipinski definition) is 3. The van der Waals surface area contributed by atoms with E-state index < -0.39 is 11.6 Å². The van der Waals surface area contributed by atoms with Crippen molar-refractivity contribution in [1.82, 2.24) is 0 Å². The SMILES string of the molecule is COc1cccc(C(=O)c2ccc(C)o2)c1F.